The highest BCUT2D eigenvalue weighted by Crippen LogP contribution is 2.46. The Kier molecular flexibility index (Phi) is 11.9. The first kappa shape index (κ1) is 44.3. The number of amides is 4. The van der Waals surface area contributed by atoms with Gasteiger partial charge in [-0.05, 0) is 88.5 Å². The van der Waals surface area contributed by atoms with Gasteiger partial charge in [0.05, 0.1) is 29.9 Å². The van der Waals surface area contributed by atoms with E-state index in [0.29, 0.717) is 61.7 Å². The van der Waals surface area contributed by atoms with Crippen LogP contribution in [0.2, 0.25) is 0 Å². The Morgan fingerprint density at radius 1 is 0.938 bits per heavy atom. The fourth-order valence-corrected chi connectivity index (χ4v) is 10.5. The Balaban J connectivity index is 1.07. The summed E-state index contributed by atoms with van der Waals surface area (Å²) in [5, 5.41) is 5.40. The maximum atomic E-state index is 14.8. The minimum absolute atomic E-state index is 0.000352. The van der Waals surface area contributed by atoms with Crippen molar-refractivity contribution in [1.82, 2.24) is 30.2 Å². The van der Waals surface area contributed by atoms with E-state index in [4.69, 9.17) is 18.6 Å². The molecule has 4 amide bonds. The zero-order valence-electron chi connectivity index (χ0n) is 35.5. The van der Waals surface area contributed by atoms with Gasteiger partial charge in [-0.15, -0.1) is 0 Å². The van der Waals surface area contributed by atoms with Gasteiger partial charge in [-0.1, -0.05) is 43.2 Å². The van der Waals surface area contributed by atoms with Gasteiger partial charge in [-0.3, -0.25) is 19.1 Å². The number of nitrogens with zero attached hydrogens (tertiary/aromatic N) is 3. The highest BCUT2D eigenvalue weighted by molar-refractivity contribution is 7.91. The predicted octanol–water partition coefficient (Wildman–Crippen LogP) is 6.46. The first-order chi connectivity index (χ1) is 31.1. The number of benzene rings is 2. The van der Waals surface area contributed by atoms with Crippen LogP contribution in [0.4, 0.5) is 18.0 Å². The van der Waals surface area contributed by atoms with Gasteiger partial charge < -0.3 is 34.2 Å². The molecule has 20 heteroatoms. The molecule has 2 aromatic heterocycles. The van der Waals surface area contributed by atoms with Crippen molar-refractivity contribution in [2.45, 2.75) is 125 Å². The molecule has 1 saturated heterocycles. The monoisotopic (exact) mass is 922 g/mol. The number of allylic oxidation sites excluding steroid dienone is 1. The molecule has 346 valence electrons. The molecule has 0 spiro atoms. The summed E-state index contributed by atoms with van der Waals surface area (Å²) in [6.07, 6.45) is 4.02. The topological polar surface area (TPSA) is 208 Å². The lowest BCUT2D eigenvalue weighted by molar-refractivity contribution is -0.141. The van der Waals surface area contributed by atoms with E-state index in [0.717, 1.165) is 31.4 Å². The molecule has 3 aliphatic carbocycles. The lowest BCUT2D eigenvalue weighted by Crippen LogP contribution is -2.58. The molecule has 16 nitrogen and oxygen atoms in total. The van der Waals surface area contributed by atoms with E-state index in [1.807, 2.05) is 12.2 Å². The van der Waals surface area contributed by atoms with Crippen LogP contribution in [0.25, 0.3) is 33.5 Å². The molecule has 5 atom stereocenters. The second-order valence-electron chi connectivity index (χ2n) is 17.5. The molecule has 0 bridgehead atoms. The van der Waals surface area contributed by atoms with Crippen LogP contribution in [0.15, 0.2) is 59.0 Å². The number of nitrogens with one attached hydrogen (secondary N) is 3. The SMILES string of the molecule is COc1cccc2c1oc1c(O[C@@H]3C[C@H]4C(=O)N[C@]5(C(=O)NS(=O)(=O)C6CC6)C[C@H]5/C=C\CCCCC[C@H](NC(=O)OC5CCCC5)C(=O)N4C3)nc(-c3ccc(C(F)(F)F)cc3)nc12. The molecule has 5 aliphatic rings. The molecule has 4 aromatic rings. The van der Waals surface area contributed by atoms with Crippen LogP contribution in [0.1, 0.15) is 89.0 Å². The van der Waals surface area contributed by atoms with Crippen LogP contribution in [-0.4, -0.2) is 95.8 Å². The molecule has 0 radical (unpaired) electrons. The van der Waals surface area contributed by atoms with Crippen molar-refractivity contribution >= 4 is 55.9 Å². The molecule has 4 heterocycles. The van der Waals surface area contributed by atoms with Gasteiger partial charge in [0.15, 0.2) is 17.2 Å². The lowest BCUT2D eigenvalue weighted by Gasteiger charge is -2.30. The van der Waals surface area contributed by atoms with Crippen LogP contribution >= 0.6 is 0 Å². The largest absolute Gasteiger partial charge is 0.493 e. The molecule has 3 saturated carbocycles. The van der Waals surface area contributed by atoms with Crippen molar-refractivity contribution in [2.75, 3.05) is 13.7 Å². The number of carbonyl (C=O) groups is 4. The maximum absolute atomic E-state index is 14.8. The molecule has 65 heavy (non-hydrogen) atoms. The van der Waals surface area contributed by atoms with Gasteiger partial charge in [-0.2, -0.15) is 18.2 Å². The number of alkyl carbamates (subject to hydrolysis) is 1. The highest BCUT2D eigenvalue weighted by atomic mass is 32.2. The average molecular weight is 923 g/mol. The number of fused-ring (bicyclic) bond motifs is 5. The van der Waals surface area contributed by atoms with Gasteiger partial charge >= 0.3 is 12.3 Å². The van der Waals surface area contributed by atoms with Gasteiger partial charge in [-0.25, -0.2) is 18.2 Å². The zero-order chi connectivity index (χ0) is 45.7. The standard InChI is InChI=1S/C45H49F3N6O10S/c1-61-34-15-9-13-31-35-37(64-36(31)34)40(51-38(50-35)25-16-18-26(19-17-25)45(46,47)48)62-29-22-33-39(55)52-44(42(57)53-65(59,60)30-20-21-30)23-27(44)10-5-3-2-4-6-14-32(41(56)54(33)24-29)49-43(58)63-28-11-7-8-12-28/h5,9-10,13,15-19,27-30,32-33H,2-4,6-8,11-12,14,20-24H2,1H3,(H,49,58)(H,52,55)(H,53,57)/b10-5-/t27-,29-,32+,33+,44-/m1/s1. The Bertz CT molecular complexity index is 2650. The first-order valence-corrected chi connectivity index (χ1v) is 23.6. The highest BCUT2D eigenvalue weighted by Gasteiger charge is 2.62. The van der Waals surface area contributed by atoms with E-state index in [9.17, 15) is 40.8 Å². The number of hydrogen-bond acceptors (Lipinski definition) is 12. The summed E-state index contributed by atoms with van der Waals surface area (Å²) in [6.45, 7) is -0.212. The third kappa shape index (κ3) is 9.18. The van der Waals surface area contributed by atoms with Crippen LogP contribution in [0.5, 0.6) is 11.6 Å². The molecule has 0 unspecified atom stereocenters. The number of para-hydroxylation sites is 1. The average Bonchev–Trinajstić information content (AvgIpc) is 4.08. The van der Waals surface area contributed by atoms with Crippen molar-refractivity contribution in [2.24, 2.45) is 5.92 Å². The minimum atomic E-state index is -4.58. The number of rotatable bonds is 9. The summed E-state index contributed by atoms with van der Waals surface area (Å²) in [6, 6.07) is 7.01. The van der Waals surface area contributed by atoms with Crippen LogP contribution < -0.4 is 24.8 Å². The van der Waals surface area contributed by atoms with E-state index in [2.05, 4.69) is 25.3 Å². The van der Waals surface area contributed by atoms with E-state index < -0.39 is 80.5 Å². The van der Waals surface area contributed by atoms with Crippen LogP contribution in [0, 0.1) is 5.92 Å². The van der Waals surface area contributed by atoms with Crippen molar-refractivity contribution in [3.63, 3.8) is 0 Å². The number of halogens is 3. The summed E-state index contributed by atoms with van der Waals surface area (Å²) in [7, 11) is -2.53. The first-order valence-electron chi connectivity index (χ1n) is 22.1. The maximum Gasteiger partial charge on any atom is 0.416 e. The number of carbonyl (C=O) groups excluding carboxylic acids is 4. The molecule has 9 rings (SSSR count). The van der Waals surface area contributed by atoms with Gasteiger partial charge in [0.25, 0.3) is 11.8 Å². The number of aromatic nitrogens is 2. The Morgan fingerprint density at radius 2 is 1.69 bits per heavy atom. The van der Waals surface area contributed by atoms with E-state index in [1.54, 1.807) is 18.2 Å². The molecule has 2 aromatic carbocycles. The number of methoxy groups -OCH3 is 1. The Labute approximate surface area is 372 Å². The summed E-state index contributed by atoms with van der Waals surface area (Å²) >= 11 is 0. The van der Waals surface area contributed by atoms with E-state index in [-0.39, 0.29) is 60.3 Å². The fourth-order valence-electron chi connectivity index (χ4n) is 9.13. The van der Waals surface area contributed by atoms with Gasteiger partial charge in [0, 0.05) is 17.9 Å². The summed E-state index contributed by atoms with van der Waals surface area (Å²) < 4.78 is 92.8. The molecule has 3 N–H and O–H groups in total. The molecular weight excluding hydrogens is 874 g/mol. The van der Waals surface area contributed by atoms with Crippen LogP contribution in [0.3, 0.4) is 0 Å². The van der Waals surface area contributed by atoms with Gasteiger partial charge in [0.2, 0.25) is 27.4 Å². The Hall–Kier alpha value is -5.92. The van der Waals surface area contributed by atoms with Crippen molar-refractivity contribution in [1.29, 1.82) is 0 Å². The molecule has 4 fully saturated rings. The predicted molar refractivity (Wildman–Crippen MR) is 228 cm³/mol. The smallest absolute Gasteiger partial charge is 0.416 e. The van der Waals surface area contributed by atoms with Crippen molar-refractivity contribution in [3.8, 4) is 23.0 Å². The van der Waals surface area contributed by atoms with Crippen molar-refractivity contribution in [3.05, 3.63) is 60.2 Å². The van der Waals surface area contributed by atoms with Gasteiger partial charge in [0.1, 0.15) is 35.3 Å². The summed E-state index contributed by atoms with van der Waals surface area (Å²) in [5.41, 5.74) is -1.64. The number of furan rings is 1. The molecule has 2 aliphatic heterocycles. The summed E-state index contributed by atoms with van der Waals surface area (Å²) in [5.74, 6) is -2.50. The quantitative estimate of drug-likeness (QED) is 0.155. The number of sulfonamides is 1. The second-order valence-corrected chi connectivity index (χ2v) is 19.5. The summed E-state index contributed by atoms with van der Waals surface area (Å²) in [4.78, 5) is 67.2. The minimum Gasteiger partial charge on any atom is -0.493 e. The lowest BCUT2D eigenvalue weighted by atomic mass is 10.0. The number of ether oxygens (including phenoxy) is 3. The van der Waals surface area contributed by atoms with E-state index in [1.165, 1.54) is 24.1 Å². The third-order valence-electron chi connectivity index (χ3n) is 13.0. The van der Waals surface area contributed by atoms with Crippen LogP contribution in [-0.2, 0) is 35.3 Å². The number of hydrogen-bond donors (Lipinski definition) is 3. The normalized spacial score (nSPS) is 26.1. The second kappa shape index (κ2) is 17.5. The molecular formula is C45H49F3N6O10S. The van der Waals surface area contributed by atoms with E-state index >= 15 is 0 Å². The zero-order valence-corrected chi connectivity index (χ0v) is 36.3. The fraction of sp³-hybridized carbons (Fsp3) is 0.511. The third-order valence-corrected chi connectivity index (χ3v) is 14.8. The van der Waals surface area contributed by atoms with Crippen molar-refractivity contribution < 1.29 is 59.4 Å². The Morgan fingerprint density at radius 3 is 2.42 bits per heavy atom. The number of alkyl halides is 3.